The van der Waals surface area contributed by atoms with Crippen LogP contribution in [0.15, 0.2) is 53.9 Å². The predicted octanol–water partition coefficient (Wildman–Crippen LogP) is 4.98. The van der Waals surface area contributed by atoms with E-state index in [9.17, 15) is 5.11 Å². The van der Waals surface area contributed by atoms with Gasteiger partial charge >= 0.3 is 0 Å². The molecule has 1 aromatic heterocycles. The summed E-state index contributed by atoms with van der Waals surface area (Å²) in [7, 11) is 0. The smallest absolute Gasteiger partial charge is 0.122 e. The molecule has 0 aliphatic rings. The first kappa shape index (κ1) is 21.7. The van der Waals surface area contributed by atoms with Crippen molar-refractivity contribution in [1.29, 1.82) is 0 Å². The molecule has 0 aliphatic carbocycles. The molecule has 0 bridgehead atoms. The fourth-order valence-corrected chi connectivity index (χ4v) is 4.03. The Hall–Kier alpha value is -1.59. The number of benzene rings is 2. The van der Waals surface area contributed by atoms with Gasteiger partial charge < -0.3 is 15.2 Å². The minimum atomic E-state index is -0.548. The minimum Gasteiger partial charge on any atom is -0.491 e. The Balaban J connectivity index is 0.00000261. The van der Waals surface area contributed by atoms with Crippen LogP contribution in [0.5, 0.6) is 5.75 Å². The molecule has 2 aromatic carbocycles. The maximum Gasteiger partial charge on any atom is 0.122 e. The van der Waals surface area contributed by atoms with E-state index in [-0.39, 0.29) is 24.6 Å². The van der Waals surface area contributed by atoms with E-state index in [1.54, 1.807) is 11.3 Å². The van der Waals surface area contributed by atoms with Crippen molar-refractivity contribution >= 4 is 33.8 Å². The summed E-state index contributed by atoms with van der Waals surface area (Å²) in [5.74, 6) is 0.829. The molecule has 0 saturated carbocycles. The number of fused-ring (bicyclic) bond motifs is 1. The highest BCUT2D eigenvalue weighted by molar-refractivity contribution is 7.17. The molecule has 1 atom stereocenters. The minimum absolute atomic E-state index is 0. The molecule has 5 heteroatoms. The van der Waals surface area contributed by atoms with Gasteiger partial charge in [-0.1, -0.05) is 36.4 Å². The number of thiophene rings is 1. The van der Waals surface area contributed by atoms with Crippen LogP contribution >= 0.6 is 23.7 Å². The van der Waals surface area contributed by atoms with Gasteiger partial charge in [0.05, 0.1) is 0 Å². The van der Waals surface area contributed by atoms with Crippen molar-refractivity contribution in [3.05, 3.63) is 65.0 Å². The number of para-hydroxylation sites is 1. The van der Waals surface area contributed by atoms with E-state index in [0.29, 0.717) is 6.54 Å². The van der Waals surface area contributed by atoms with Crippen LogP contribution in [-0.2, 0) is 6.42 Å². The van der Waals surface area contributed by atoms with Crippen molar-refractivity contribution in [2.45, 2.75) is 38.8 Å². The van der Waals surface area contributed by atoms with Gasteiger partial charge in [0.25, 0.3) is 0 Å². The second-order valence-electron chi connectivity index (χ2n) is 7.43. The topological polar surface area (TPSA) is 41.5 Å². The first-order valence-corrected chi connectivity index (χ1v) is 9.89. The summed E-state index contributed by atoms with van der Waals surface area (Å²) in [6, 6.07) is 16.4. The van der Waals surface area contributed by atoms with Crippen molar-refractivity contribution in [2.24, 2.45) is 0 Å². The van der Waals surface area contributed by atoms with Gasteiger partial charge in [0.1, 0.15) is 18.5 Å². The number of β-amino-alcohol motifs (C(OH)–C–C–N with tert-alkyl or cyclic N) is 1. The van der Waals surface area contributed by atoms with Crippen molar-refractivity contribution in [3.8, 4) is 5.75 Å². The molecular formula is C22H28ClNO2S. The number of halogens is 1. The van der Waals surface area contributed by atoms with E-state index in [1.807, 2.05) is 31.2 Å². The fourth-order valence-electron chi connectivity index (χ4n) is 3.07. The number of ether oxygens (including phenoxy) is 1. The highest BCUT2D eigenvalue weighted by Gasteiger charge is 2.21. The number of aliphatic hydroxyl groups is 1. The zero-order valence-electron chi connectivity index (χ0n) is 16.1. The van der Waals surface area contributed by atoms with Crippen molar-refractivity contribution in [2.75, 3.05) is 13.2 Å². The zero-order chi connectivity index (χ0) is 18.6. The summed E-state index contributed by atoms with van der Waals surface area (Å²) in [5.41, 5.74) is 2.33. The van der Waals surface area contributed by atoms with Crippen LogP contribution in [0, 0.1) is 6.92 Å². The molecule has 0 aliphatic heterocycles. The largest absolute Gasteiger partial charge is 0.491 e. The molecule has 3 rings (SSSR count). The Morgan fingerprint density at radius 3 is 2.59 bits per heavy atom. The number of aliphatic hydroxyl groups excluding tert-OH is 1. The van der Waals surface area contributed by atoms with E-state index in [2.05, 4.69) is 48.8 Å². The Labute approximate surface area is 171 Å². The highest BCUT2D eigenvalue weighted by atomic mass is 35.5. The SMILES string of the molecule is Cc1ccccc1OCC(O)CNC(C)(C)Cc1csc2ccccc12.Cl. The summed E-state index contributed by atoms with van der Waals surface area (Å²) in [5, 5.41) is 17.3. The monoisotopic (exact) mass is 405 g/mol. The van der Waals surface area contributed by atoms with Crippen LogP contribution in [-0.4, -0.2) is 29.9 Å². The average Bonchev–Trinajstić information content (AvgIpc) is 3.02. The second kappa shape index (κ2) is 9.56. The highest BCUT2D eigenvalue weighted by Crippen LogP contribution is 2.28. The van der Waals surface area contributed by atoms with Gasteiger partial charge in [-0.25, -0.2) is 0 Å². The van der Waals surface area contributed by atoms with Gasteiger partial charge in [-0.05, 0) is 61.2 Å². The molecular weight excluding hydrogens is 378 g/mol. The third-order valence-electron chi connectivity index (χ3n) is 4.53. The summed E-state index contributed by atoms with van der Waals surface area (Å²) in [4.78, 5) is 0. The maximum atomic E-state index is 10.3. The van der Waals surface area contributed by atoms with Gasteiger partial charge in [0.2, 0.25) is 0 Å². The zero-order valence-corrected chi connectivity index (χ0v) is 17.7. The summed E-state index contributed by atoms with van der Waals surface area (Å²) in [6.45, 7) is 7.15. The number of aryl methyl sites for hydroxylation is 1. The molecule has 0 saturated heterocycles. The molecule has 1 heterocycles. The standard InChI is InChI=1S/C22H27NO2S.ClH/c1-16-8-4-6-10-20(16)25-14-18(24)13-23-22(2,3)12-17-15-26-21-11-7-5-9-19(17)21;/h4-11,15,18,23-24H,12-14H2,1-3H3;1H. The number of nitrogens with one attached hydrogen (secondary N) is 1. The van der Waals surface area contributed by atoms with E-state index in [0.717, 1.165) is 17.7 Å². The van der Waals surface area contributed by atoms with Crippen LogP contribution in [0.3, 0.4) is 0 Å². The lowest BCUT2D eigenvalue weighted by Crippen LogP contribution is -2.46. The van der Waals surface area contributed by atoms with Gasteiger partial charge in [0.15, 0.2) is 0 Å². The number of hydrogen-bond acceptors (Lipinski definition) is 4. The maximum absolute atomic E-state index is 10.3. The van der Waals surface area contributed by atoms with E-state index in [4.69, 9.17) is 4.74 Å². The van der Waals surface area contributed by atoms with Crippen LogP contribution in [0.4, 0.5) is 0 Å². The van der Waals surface area contributed by atoms with Crippen LogP contribution in [0.1, 0.15) is 25.0 Å². The average molecular weight is 406 g/mol. The predicted molar refractivity (Wildman–Crippen MR) is 118 cm³/mol. The lowest BCUT2D eigenvalue weighted by Gasteiger charge is -2.28. The molecule has 0 radical (unpaired) electrons. The van der Waals surface area contributed by atoms with Crippen LogP contribution in [0.2, 0.25) is 0 Å². The third-order valence-corrected chi connectivity index (χ3v) is 5.55. The van der Waals surface area contributed by atoms with Crippen LogP contribution in [0.25, 0.3) is 10.1 Å². The lowest BCUT2D eigenvalue weighted by atomic mass is 9.94. The molecule has 3 aromatic rings. The molecule has 0 spiro atoms. The summed E-state index contributed by atoms with van der Waals surface area (Å²) >= 11 is 1.79. The van der Waals surface area contributed by atoms with E-state index >= 15 is 0 Å². The Morgan fingerprint density at radius 2 is 1.81 bits per heavy atom. The first-order chi connectivity index (χ1) is 12.4. The molecule has 0 amide bonds. The molecule has 3 nitrogen and oxygen atoms in total. The molecule has 1 unspecified atom stereocenters. The van der Waals surface area contributed by atoms with Crippen molar-refractivity contribution in [3.63, 3.8) is 0 Å². The van der Waals surface area contributed by atoms with Crippen LogP contribution < -0.4 is 10.1 Å². The van der Waals surface area contributed by atoms with Crippen molar-refractivity contribution in [1.82, 2.24) is 5.32 Å². The summed E-state index contributed by atoms with van der Waals surface area (Å²) in [6.07, 6.45) is 0.371. The molecule has 27 heavy (non-hydrogen) atoms. The Bertz CT molecular complexity index is 862. The first-order valence-electron chi connectivity index (χ1n) is 9.01. The van der Waals surface area contributed by atoms with Crippen molar-refractivity contribution < 1.29 is 9.84 Å². The number of rotatable bonds is 8. The molecule has 146 valence electrons. The third kappa shape index (κ3) is 5.94. The quantitative estimate of drug-likeness (QED) is 0.555. The van der Waals surface area contributed by atoms with E-state index in [1.165, 1.54) is 15.6 Å². The lowest BCUT2D eigenvalue weighted by molar-refractivity contribution is 0.0985. The molecule has 0 fully saturated rings. The fraction of sp³-hybridized carbons (Fsp3) is 0.364. The van der Waals surface area contributed by atoms with Gasteiger partial charge in [-0.3, -0.25) is 0 Å². The van der Waals surface area contributed by atoms with Gasteiger partial charge in [-0.2, -0.15) is 0 Å². The molecule has 2 N–H and O–H groups in total. The second-order valence-corrected chi connectivity index (χ2v) is 8.34. The number of hydrogen-bond donors (Lipinski definition) is 2. The Morgan fingerprint density at radius 1 is 1.11 bits per heavy atom. The normalized spacial score (nSPS) is 12.6. The van der Waals surface area contributed by atoms with Gasteiger partial charge in [-0.15, -0.1) is 23.7 Å². The van der Waals surface area contributed by atoms with Gasteiger partial charge in [0, 0.05) is 16.8 Å². The Kier molecular flexibility index (Phi) is 7.68. The summed E-state index contributed by atoms with van der Waals surface area (Å²) < 4.78 is 7.06. The van der Waals surface area contributed by atoms with E-state index < -0.39 is 6.10 Å².